The van der Waals surface area contributed by atoms with Gasteiger partial charge in [0.2, 0.25) is 0 Å². The SMILES string of the molecule is COc1cc2c(cc1O)C(=O)N[C@H](C(=O)O)C2. The van der Waals surface area contributed by atoms with Gasteiger partial charge in [-0.15, -0.1) is 0 Å². The van der Waals surface area contributed by atoms with Crippen molar-refractivity contribution in [2.45, 2.75) is 12.5 Å². The largest absolute Gasteiger partial charge is 0.504 e. The number of carboxylic acid groups (broad SMARTS) is 1. The number of amides is 1. The molecular formula is C11H11NO5. The van der Waals surface area contributed by atoms with Gasteiger partial charge in [0.05, 0.1) is 7.11 Å². The number of carboxylic acids is 1. The molecule has 0 bridgehead atoms. The zero-order valence-electron chi connectivity index (χ0n) is 9.06. The van der Waals surface area contributed by atoms with Crippen LogP contribution in [0.3, 0.4) is 0 Å². The van der Waals surface area contributed by atoms with E-state index in [4.69, 9.17) is 9.84 Å². The minimum atomic E-state index is -1.09. The van der Waals surface area contributed by atoms with E-state index in [-0.39, 0.29) is 23.5 Å². The summed E-state index contributed by atoms with van der Waals surface area (Å²) in [6, 6.07) is 1.82. The fourth-order valence-electron chi connectivity index (χ4n) is 1.81. The van der Waals surface area contributed by atoms with Crippen molar-refractivity contribution in [2.24, 2.45) is 0 Å². The summed E-state index contributed by atoms with van der Waals surface area (Å²) in [6.07, 6.45) is 0.174. The minimum Gasteiger partial charge on any atom is -0.504 e. The first kappa shape index (κ1) is 11.3. The predicted octanol–water partition coefficient (Wildman–Crippen LogP) is 0.140. The molecular weight excluding hydrogens is 226 g/mol. The standard InChI is InChI=1S/C11H11NO5/c1-17-9-3-5-2-7(11(15)16)12-10(14)6(5)4-8(9)13/h3-4,7,13H,2H2,1H3,(H,12,14)(H,15,16)/t7-/m0/s1. The Morgan fingerprint density at radius 2 is 2.24 bits per heavy atom. The Bertz CT molecular complexity index is 497. The Kier molecular flexibility index (Phi) is 2.63. The van der Waals surface area contributed by atoms with Gasteiger partial charge in [-0.1, -0.05) is 0 Å². The number of hydrogen-bond acceptors (Lipinski definition) is 4. The van der Waals surface area contributed by atoms with Crippen LogP contribution in [0, 0.1) is 0 Å². The van der Waals surface area contributed by atoms with Crippen LogP contribution in [0.5, 0.6) is 11.5 Å². The van der Waals surface area contributed by atoms with Crippen LogP contribution >= 0.6 is 0 Å². The van der Waals surface area contributed by atoms with Crippen molar-refractivity contribution in [1.82, 2.24) is 5.32 Å². The molecule has 0 saturated heterocycles. The highest BCUT2D eigenvalue weighted by Gasteiger charge is 2.29. The molecule has 2 rings (SSSR count). The van der Waals surface area contributed by atoms with E-state index in [9.17, 15) is 14.7 Å². The van der Waals surface area contributed by atoms with Gasteiger partial charge in [-0.05, 0) is 17.7 Å². The van der Waals surface area contributed by atoms with Crippen LogP contribution in [0.25, 0.3) is 0 Å². The number of rotatable bonds is 2. The van der Waals surface area contributed by atoms with Crippen molar-refractivity contribution in [1.29, 1.82) is 0 Å². The highest BCUT2D eigenvalue weighted by atomic mass is 16.5. The summed E-state index contributed by atoms with van der Waals surface area (Å²) in [6.45, 7) is 0. The van der Waals surface area contributed by atoms with E-state index in [0.29, 0.717) is 5.56 Å². The van der Waals surface area contributed by atoms with E-state index < -0.39 is 17.9 Å². The van der Waals surface area contributed by atoms with Crippen molar-refractivity contribution in [3.05, 3.63) is 23.3 Å². The molecule has 1 aliphatic rings. The first-order valence-corrected chi connectivity index (χ1v) is 4.96. The van der Waals surface area contributed by atoms with Gasteiger partial charge in [0.1, 0.15) is 6.04 Å². The number of phenolic OH excluding ortho intramolecular Hbond substituents is 1. The van der Waals surface area contributed by atoms with Crippen LogP contribution in [-0.2, 0) is 11.2 Å². The third-order valence-corrected chi connectivity index (χ3v) is 2.68. The number of ether oxygens (including phenoxy) is 1. The second kappa shape index (κ2) is 3.97. The summed E-state index contributed by atoms with van der Waals surface area (Å²) in [5, 5.41) is 20.8. The quantitative estimate of drug-likeness (QED) is 0.680. The van der Waals surface area contributed by atoms with Gasteiger partial charge >= 0.3 is 5.97 Å². The van der Waals surface area contributed by atoms with Gasteiger partial charge in [-0.2, -0.15) is 0 Å². The molecule has 6 nitrogen and oxygen atoms in total. The second-order valence-corrected chi connectivity index (χ2v) is 3.75. The lowest BCUT2D eigenvalue weighted by molar-refractivity contribution is -0.139. The van der Waals surface area contributed by atoms with Gasteiger partial charge in [-0.25, -0.2) is 4.79 Å². The van der Waals surface area contributed by atoms with Gasteiger partial charge in [0.15, 0.2) is 11.5 Å². The monoisotopic (exact) mass is 237 g/mol. The van der Waals surface area contributed by atoms with Gasteiger partial charge in [0, 0.05) is 12.0 Å². The van der Waals surface area contributed by atoms with Crippen molar-refractivity contribution < 1.29 is 24.5 Å². The number of fused-ring (bicyclic) bond motifs is 1. The molecule has 0 radical (unpaired) electrons. The zero-order chi connectivity index (χ0) is 12.6. The number of aliphatic carboxylic acids is 1. The molecule has 1 aromatic carbocycles. The topological polar surface area (TPSA) is 95.9 Å². The lowest BCUT2D eigenvalue weighted by Crippen LogP contribution is -2.46. The van der Waals surface area contributed by atoms with Crippen molar-refractivity contribution >= 4 is 11.9 Å². The molecule has 0 aliphatic carbocycles. The Hall–Kier alpha value is -2.24. The van der Waals surface area contributed by atoms with Gasteiger partial charge in [-0.3, -0.25) is 4.79 Å². The number of phenols is 1. The summed E-state index contributed by atoms with van der Waals surface area (Å²) in [4.78, 5) is 22.5. The molecule has 17 heavy (non-hydrogen) atoms. The molecule has 1 aliphatic heterocycles. The van der Waals surface area contributed by atoms with Crippen molar-refractivity contribution in [3.8, 4) is 11.5 Å². The van der Waals surface area contributed by atoms with Crippen LogP contribution in [0.4, 0.5) is 0 Å². The number of aromatic hydroxyl groups is 1. The number of nitrogens with one attached hydrogen (secondary N) is 1. The average Bonchev–Trinajstić information content (AvgIpc) is 2.29. The highest BCUT2D eigenvalue weighted by molar-refractivity contribution is 6.00. The first-order chi connectivity index (χ1) is 8.02. The van der Waals surface area contributed by atoms with Crippen LogP contribution < -0.4 is 10.1 Å². The molecule has 1 atom stereocenters. The first-order valence-electron chi connectivity index (χ1n) is 4.96. The molecule has 0 aromatic heterocycles. The zero-order valence-corrected chi connectivity index (χ0v) is 9.06. The van der Waals surface area contributed by atoms with E-state index in [0.717, 1.165) is 0 Å². The molecule has 3 N–H and O–H groups in total. The molecule has 1 heterocycles. The Morgan fingerprint density at radius 3 is 2.82 bits per heavy atom. The molecule has 6 heteroatoms. The maximum Gasteiger partial charge on any atom is 0.326 e. The molecule has 0 fully saturated rings. The molecule has 0 saturated carbocycles. The fourth-order valence-corrected chi connectivity index (χ4v) is 1.81. The minimum absolute atomic E-state index is 0.143. The Balaban J connectivity index is 2.46. The molecule has 0 spiro atoms. The molecule has 1 amide bonds. The third kappa shape index (κ3) is 1.89. The molecule has 1 aromatic rings. The van der Waals surface area contributed by atoms with Gasteiger partial charge < -0.3 is 20.3 Å². The third-order valence-electron chi connectivity index (χ3n) is 2.68. The molecule has 90 valence electrons. The number of carbonyl (C=O) groups excluding carboxylic acids is 1. The Morgan fingerprint density at radius 1 is 1.53 bits per heavy atom. The van der Waals surface area contributed by atoms with E-state index in [1.807, 2.05) is 0 Å². The maximum absolute atomic E-state index is 11.6. The number of hydrogen-bond donors (Lipinski definition) is 3. The predicted molar refractivity (Wildman–Crippen MR) is 57.3 cm³/mol. The summed E-state index contributed by atoms with van der Waals surface area (Å²) < 4.78 is 4.91. The normalized spacial score (nSPS) is 18.2. The second-order valence-electron chi connectivity index (χ2n) is 3.75. The summed E-state index contributed by atoms with van der Waals surface area (Å²) in [5.74, 6) is -1.51. The Labute approximate surface area is 96.8 Å². The smallest absolute Gasteiger partial charge is 0.326 e. The summed E-state index contributed by atoms with van der Waals surface area (Å²) >= 11 is 0. The van der Waals surface area contributed by atoms with Crippen molar-refractivity contribution in [2.75, 3.05) is 7.11 Å². The number of benzene rings is 1. The fraction of sp³-hybridized carbons (Fsp3) is 0.273. The van der Waals surface area contributed by atoms with Crippen molar-refractivity contribution in [3.63, 3.8) is 0 Å². The molecule has 0 unspecified atom stereocenters. The highest BCUT2D eigenvalue weighted by Crippen LogP contribution is 2.31. The van der Waals surface area contributed by atoms with E-state index in [2.05, 4.69) is 5.32 Å². The van der Waals surface area contributed by atoms with Gasteiger partial charge in [0.25, 0.3) is 5.91 Å². The van der Waals surface area contributed by atoms with Crippen LogP contribution in [0.2, 0.25) is 0 Å². The average molecular weight is 237 g/mol. The summed E-state index contributed by atoms with van der Waals surface area (Å²) in [7, 11) is 1.39. The number of methoxy groups -OCH3 is 1. The van der Waals surface area contributed by atoms with E-state index >= 15 is 0 Å². The van der Waals surface area contributed by atoms with Crippen LogP contribution in [0.1, 0.15) is 15.9 Å². The lowest BCUT2D eigenvalue weighted by atomic mass is 9.94. The maximum atomic E-state index is 11.6. The van der Waals surface area contributed by atoms with E-state index in [1.165, 1.54) is 19.2 Å². The lowest BCUT2D eigenvalue weighted by Gasteiger charge is -2.23. The van der Waals surface area contributed by atoms with Crippen LogP contribution in [0.15, 0.2) is 12.1 Å². The summed E-state index contributed by atoms with van der Waals surface area (Å²) in [5.41, 5.74) is 0.830. The van der Waals surface area contributed by atoms with E-state index in [1.54, 1.807) is 0 Å². The number of carbonyl (C=O) groups is 2. The van der Waals surface area contributed by atoms with Crippen LogP contribution in [-0.4, -0.2) is 35.2 Å².